The summed E-state index contributed by atoms with van der Waals surface area (Å²) in [6.45, 7) is 13.9. The molecule has 0 spiro atoms. The summed E-state index contributed by atoms with van der Waals surface area (Å²) in [5.41, 5.74) is 21.7. The quantitative estimate of drug-likeness (QED) is 0.162. The van der Waals surface area contributed by atoms with Crippen LogP contribution in [0.2, 0.25) is 0 Å². The minimum absolute atomic E-state index is 0.0956. The molecular weight excluding hydrogens is 508 g/mol. The fourth-order valence-corrected chi connectivity index (χ4v) is 5.93. The second-order valence-electron chi connectivity index (χ2n) is 12.1. The lowest BCUT2D eigenvalue weighted by Crippen LogP contribution is -2.30. The highest BCUT2D eigenvalue weighted by Crippen LogP contribution is 2.41. The van der Waals surface area contributed by atoms with Gasteiger partial charge in [-0.1, -0.05) is 48.9 Å². The highest BCUT2D eigenvalue weighted by Gasteiger charge is 2.31. The summed E-state index contributed by atoms with van der Waals surface area (Å²) < 4.78 is 8.33. The molecule has 0 aliphatic carbocycles. The van der Waals surface area contributed by atoms with Crippen LogP contribution in [0.25, 0.3) is 17.0 Å². The van der Waals surface area contributed by atoms with Crippen molar-refractivity contribution >= 4 is 17.0 Å². The summed E-state index contributed by atoms with van der Waals surface area (Å²) in [6.07, 6.45) is 9.35. The van der Waals surface area contributed by atoms with Crippen molar-refractivity contribution in [3.05, 3.63) is 93.7 Å². The molecule has 1 aliphatic rings. The number of aryl methyl sites for hydroxylation is 1. The number of nitrogens with zero attached hydrogens (tertiary/aromatic N) is 3. The first-order valence-corrected chi connectivity index (χ1v) is 14.7. The molecule has 1 aromatic carbocycles. The smallest absolute Gasteiger partial charge is 0.0771 e. The first-order valence-electron chi connectivity index (χ1n) is 14.7. The zero-order chi connectivity index (χ0) is 29.9. The molecule has 41 heavy (non-hydrogen) atoms. The maximum atomic E-state index is 6.58. The molecule has 0 amide bonds. The number of hydrogen-bond acceptors (Lipinski definition) is 6. The Kier molecular flexibility index (Phi) is 9.42. The average Bonchev–Trinajstić information content (AvgIpc) is 3.19. The van der Waals surface area contributed by atoms with Gasteiger partial charge in [0.2, 0.25) is 0 Å². The lowest BCUT2D eigenvalue weighted by Gasteiger charge is -2.34. The van der Waals surface area contributed by atoms with E-state index >= 15 is 0 Å². The summed E-state index contributed by atoms with van der Waals surface area (Å²) in [4.78, 5) is 4.82. The van der Waals surface area contributed by atoms with Gasteiger partial charge in [0.25, 0.3) is 0 Å². The van der Waals surface area contributed by atoms with E-state index in [9.17, 15) is 0 Å². The Bertz CT molecular complexity index is 1450. The van der Waals surface area contributed by atoms with Crippen LogP contribution in [0.1, 0.15) is 82.4 Å². The number of rotatable bonds is 9. The van der Waals surface area contributed by atoms with Crippen molar-refractivity contribution in [2.45, 2.75) is 72.4 Å². The molecule has 6 N–H and O–H groups in total. The van der Waals surface area contributed by atoms with Gasteiger partial charge >= 0.3 is 0 Å². The maximum absolute atomic E-state index is 6.58. The van der Waals surface area contributed by atoms with Crippen LogP contribution >= 0.6 is 0 Å². The molecule has 0 bridgehead atoms. The van der Waals surface area contributed by atoms with Gasteiger partial charge in [0.1, 0.15) is 0 Å². The van der Waals surface area contributed by atoms with Crippen molar-refractivity contribution in [3.8, 4) is 0 Å². The number of allylic oxidation sites excluding steroid dienone is 3. The maximum Gasteiger partial charge on any atom is 0.0771 e. The first kappa shape index (κ1) is 30.6. The van der Waals surface area contributed by atoms with E-state index in [0.29, 0.717) is 11.6 Å². The van der Waals surface area contributed by atoms with Gasteiger partial charge in [0.15, 0.2) is 0 Å². The third-order valence-corrected chi connectivity index (χ3v) is 8.23. The molecule has 1 aliphatic heterocycles. The zero-order valence-corrected chi connectivity index (χ0v) is 25.9. The zero-order valence-electron chi connectivity index (χ0n) is 25.9. The standard InChI is InChI=1S/C34H48N6O/c1-8-22(2)18-27(32(24(4)35)39(7)37)19-29-23(3)28-21-38-31(34(5,6)36)20-30(28)40(29)33(25-12-10-9-11-13-25)26-14-16-41-17-15-26/h9-13,18-21,26,33H,8,14-17,35-37H2,1-7H3/b22-18-,27-19+,32-24-. The summed E-state index contributed by atoms with van der Waals surface area (Å²) in [5, 5.41) is 2.73. The fraction of sp³-hybridized carbons (Fsp3) is 0.441. The van der Waals surface area contributed by atoms with Crippen molar-refractivity contribution in [2.24, 2.45) is 23.2 Å². The van der Waals surface area contributed by atoms with Gasteiger partial charge in [0.05, 0.1) is 28.5 Å². The monoisotopic (exact) mass is 556 g/mol. The second kappa shape index (κ2) is 12.6. The van der Waals surface area contributed by atoms with Crippen molar-refractivity contribution in [1.29, 1.82) is 0 Å². The number of fused-ring (bicyclic) bond motifs is 1. The highest BCUT2D eigenvalue weighted by molar-refractivity contribution is 5.89. The van der Waals surface area contributed by atoms with Crippen LogP contribution in [-0.4, -0.2) is 34.8 Å². The number of likely N-dealkylation sites (N-methyl/N-ethyl adjacent to an activating group) is 1. The van der Waals surface area contributed by atoms with Crippen LogP contribution in [0.3, 0.4) is 0 Å². The molecule has 0 saturated carbocycles. The summed E-state index contributed by atoms with van der Waals surface area (Å²) in [7, 11) is 1.84. The summed E-state index contributed by atoms with van der Waals surface area (Å²) in [5.74, 6) is 6.78. The first-order chi connectivity index (χ1) is 19.4. The van der Waals surface area contributed by atoms with Gasteiger partial charge in [-0.15, -0.1) is 0 Å². The highest BCUT2D eigenvalue weighted by atomic mass is 16.5. The van der Waals surface area contributed by atoms with Crippen LogP contribution in [-0.2, 0) is 10.3 Å². The lowest BCUT2D eigenvalue weighted by molar-refractivity contribution is 0.0547. The fourth-order valence-electron chi connectivity index (χ4n) is 5.93. The number of nitrogens with two attached hydrogens (primary N) is 3. The lowest BCUT2D eigenvalue weighted by atomic mass is 9.86. The molecule has 3 aromatic rings. The van der Waals surface area contributed by atoms with Crippen LogP contribution in [0, 0.1) is 12.8 Å². The molecule has 220 valence electrons. The van der Waals surface area contributed by atoms with E-state index in [0.717, 1.165) is 71.6 Å². The predicted octanol–water partition coefficient (Wildman–Crippen LogP) is 6.29. The molecule has 1 fully saturated rings. The number of benzene rings is 1. The van der Waals surface area contributed by atoms with Crippen molar-refractivity contribution in [1.82, 2.24) is 14.6 Å². The number of ether oxygens (including phenoxy) is 1. The Labute approximate surface area is 245 Å². The molecule has 4 rings (SSSR count). The normalized spacial score (nSPS) is 17.1. The molecule has 1 saturated heterocycles. The minimum atomic E-state index is -0.574. The van der Waals surface area contributed by atoms with Gasteiger partial charge < -0.3 is 25.8 Å². The van der Waals surface area contributed by atoms with Gasteiger partial charge in [-0.25, -0.2) is 5.84 Å². The molecule has 7 nitrogen and oxygen atoms in total. The molecular formula is C34H48N6O. The number of pyridine rings is 1. The number of hydrogen-bond donors (Lipinski definition) is 3. The predicted molar refractivity (Wildman–Crippen MR) is 171 cm³/mol. The Morgan fingerprint density at radius 3 is 2.41 bits per heavy atom. The van der Waals surface area contributed by atoms with Crippen LogP contribution in [0.4, 0.5) is 0 Å². The minimum Gasteiger partial charge on any atom is -0.401 e. The van der Waals surface area contributed by atoms with E-state index in [4.69, 9.17) is 27.0 Å². The summed E-state index contributed by atoms with van der Waals surface area (Å²) in [6, 6.07) is 13.1. The van der Waals surface area contributed by atoms with Crippen molar-refractivity contribution < 1.29 is 4.74 Å². The third kappa shape index (κ3) is 6.58. The van der Waals surface area contributed by atoms with Crippen LogP contribution in [0.15, 0.2) is 71.2 Å². The van der Waals surface area contributed by atoms with Crippen molar-refractivity contribution in [2.75, 3.05) is 20.3 Å². The van der Waals surface area contributed by atoms with E-state index in [-0.39, 0.29) is 6.04 Å². The Morgan fingerprint density at radius 2 is 1.85 bits per heavy atom. The number of aromatic nitrogens is 2. The third-order valence-electron chi connectivity index (χ3n) is 8.23. The Hall–Kier alpha value is -3.39. The Balaban J connectivity index is 2.14. The van der Waals surface area contributed by atoms with E-state index in [2.05, 4.69) is 73.9 Å². The summed E-state index contributed by atoms with van der Waals surface area (Å²) >= 11 is 0. The number of hydrazine groups is 1. The van der Waals surface area contributed by atoms with E-state index in [1.54, 1.807) is 5.01 Å². The molecule has 7 heteroatoms. The van der Waals surface area contributed by atoms with Crippen LogP contribution < -0.4 is 17.3 Å². The second-order valence-corrected chi connectivity index (χ2v) is 12.1. The van der Waals surface area contributed by atoms with Gasteiger partial charge in [-0.2, -0.15) is 0 Å². The van der Waals surface area contributed by atoms with Crippen molar-refractivity contribution in [3.63, 3.8) is 0 Å². The molecule has 0 radical (unpaired) electrons. The van der Waals surface area contributed by atoms with E-state index in [1.807, 2.05) is 34.0 Å². The topological polar surface area (TPSA) is 108 Å². The molecule has 3 heterocycles. The van der Waals surface area contributed by atoms with Gasteiger partial charge in [0, 0.05) is 48.8 Å². The molecule has 1 unspecified atom stereocenters. The van der Waals surface area contributed by atoms with Crippen LogP contribution in [0.5, 0.6) is 0 Å². The Morgan fingerprint density at radius 1 is 1.20 bits per heavy atom. The average molecular weight is 557 g/mol. The largest absolute Gasteiger partial charge is 0.401 e. The molecule has 1 atom stereocenters. The van der Waals surface area contributed by atoms with E-state index < -0.39 is 5.54 Å². The molecule has 2 aromatic heterocycles. The van der Waals surface area contributed by atoms with E-state index in [1.165, 1.54) is 11.1 Å². The van der Waals surface area contributed by atoms with Gasteiger partial charge in [-0.3, -0.25) is 4.98 Å². The SMILES string of the molecule is CC\C(C)=C/C(=C\c1c(C)c2cnc(C(C)(C)N)cc2n1C(c1ccccc1)C1CCOCC1)C(=C(\C)N)/N(C)N. The van der Waals surface area contributed by atoms with Gasteiger partial charge in [-0.05, 0) is 83.1 Å².